The smallest absolute Gasteiger partial charge is 0.334 e. The van der Waals surface area contributed by atoms with Crippen LogP contribution in [0.1, 0.15) is 39.0 Å². The topological polar surface area (TPSA) is 26.3 Å². The molecule has 0 radical (unpaired) electrons. The van der Waals surface area contributed by atoms with Gasteiger partial charge in [0, 0.05) is 5.57 Å². The highest BCUT2D eigenvalue weighted by atomic mass is 16.5. The van der Waals surface area contributed by atoms with Gasteiger partial charge in [0.1, 0.15) is 6.61 Å². The fourth-order valence-electron chi connectivity index (χ4n) is 4.45. The summed E-state index contributed by atoms with van der Waals surface area (Å²) in [6.07, 6.45) is 11.5. The van der Waals surface area contributed by atoms with Gasteiger partial charge in [0.05, 0.1) is 0 Å². The number of fused-ring (bicyclic) bond motifs is 1. The highest BCUT2D eigenvalue weighted by molar-refractivity contribution is 5.90. The molecule has 0 spiro atoms. The number of carbonyl (C=O) groups excluding carboxylic acids is 1. The summed E-state index contributed by atoms with van der Waals surface area (Å²) in [6.45, 7) is 11.4. The minimum atomic E-state index is -0.133. The lowest BCUT2D eigenvalue weighted by Crippen LogP contribution is -2.41. The van der Waals surface area contributed by atoms with Crippen molar-refractivity contribution >= 4 is 5.97 Å². The van der Waals surface area contributed by atoms with Crippen molar-refractivity contribution in [3.8, 4) is 0 Å². The van der Waals surface area contributed by atoms with Crippen LogP contribution >= 0.6 is 0 Å². The summed E-state index contributed by atoms with van der Waals surface area (Å²) in [4.78, 5) is 11.6. The van der Waals surface area contributed by atoms with Gasteiger partial charge in [-0.25, -0.2) is 4.79 Å². The van der Waals surface area contributed by atoms with E-state index in [-0.39, 0.29) is 11.4 Å². The molecule has 3 rings (SSSR count). The Morgan fingerprint density at radius 3 is 2.95 bits per heavy atom. The Balaban J connectivity index is 1.78. The first kappa shape index (κ1) is 14.4. The lowest BCUT2D eigenvalue weighted by molar-refractivity contribution is -0.136. The van der Waals surface area contributed by atoms with E-state index in [1.165, 1.54) is 17.6 Å². The van der Waals surface area contributed by atoms with Crippen LogP contribution in [0.15, 0.2) is 48.1 Å². The zero-order chi connectivity index (χ0) is 15.0. The molecule has 21 heavy (non-hydrogen) atoms. The van der Waals surface area contributed by atoms with Crippen molar-refractivity contribution in [1.82, 2.24) is 0 Å². The molecular weight excluding hydrogens is 260 g/mol. The molecule has 0 bridgehead atoms. The van der Waals surface area contributed by atoms with Gasteiger partial charge in [-0.05, 0) is 55.4 Å². The zero-order valence-corrected chi connectivity index (χ0v) is 12.9. The first-order valence-corrected chi connectivity index (χ1v) is 7.91. The average molecular weight is 284 g/mol. The summed E-state index contributed by atoms with van der Waals surface area (Å²) in [6, 6.07) is 0. The van der Waals surface area contributed by atoms with Crippen LogP contribution in [0.3, 0.4) is 0 Å². The second kappa shape index (κ2) is 5.32. The summed E-state index contributed by atoms with van der Waals surface area (Å²) in [5.74, 6) is 0.890. The monoisotopic (exact) mass is 284 g/mol. The molecule has 1 saturated carbocycles. The molecule has 3 aliphatic rings. The summed E-state index contributed by atoms with van der Waals surface area (Å²) in [5.41, 5.74) is 3.67. The van der Waals surface area contributed by atoms with E-state index < -0.39 is 0 Å². The van der Waals surface area contributed by atoms with Gasteiger partial charge in [0.25, 0.3) is 0 Å². The molecule has 1 heterocycles. The van der Waals surface area contributed by atoms with Crippen molar-refractivity contribution < 1.29 is 9.53 Å². The van der Waals surface area contributed by atoms with E-state index in [1.807, 2.05) is 6.08 Å². The van der Waals surface area contributed by atoms with Gasteiger partial charge in [-0.1, -0.05) is 43.4 Å². The van der Waals surface area contributed by atoms with E-state index in [0.717, 1.165) is 31.3 Å². The van der Waals surface area contributed by atoms with E-state index in [2.05, 4.69) is 32.2 Å². The van der Waals surface area contributed by atoms with Crippen LogP contribution in [0.4, 0.5) is 0 Å². The SMILES string of the molecule is C=C1C=CCC2(C)C1CCC(=C)C2CCC1=CCOC1=O. The first-order valence-electron chi connectivity index (χ1n) is 7.91. The number of hydrogen-bond acceptors (Lipinski definition) is 2. The summed E-state index contributed by atoms with van der Waals surface area (Å²) in [5, 5.41) is 0. The largest absolute Gasteiger partial charge is 0.458 e. The number of allylic oxidation sites excluding steroid dienone is 4. The third-order valence-corrected chi connectivity index (χ3v) is 5.68. The van der Waals surface area contributed by atoms with Crippen LogP contribution in [0.2, 0.25) is 0 Å². The predicted molar refractivity (Wildman–Crippen MR) is 84.6 cm³/mol. The minimum Gasteiger partial charge on any atom is -0.458 e. The van der Waals surface area contributed by atoms with E-state index in [4.69, 9.17) is 4.74 Å². The van der Waals surface area contributed by atoms with Crippen LogP contribution < -0.4 is 0 Å². The van der Waals surface area contributed by atoms with Crippen LogP contribution in [0.5, 0.6) is 0 Å². The number of esters is 1. The van der Waals surface area contributed by atoms with Crippen LogP contribution in [-0.2, 0) is 9.53 Å². The molecule has 3 atom stereocenters. The number of hydrogen-bond donors (Lipinski definition) is 0. The van der Waals surface area contributed by atoms with Crippen LogP contribution in [0.25, 0.3) is 0 Å². The summed E-state index contributed by atoms with van der Waals surface area (Å²) in [7, 11) is 0. The maximum atomic E-state index is 11.6. The van der Waals surface area contributed by atoms with Crippen molar-refractivity contribution in [2.24, 2.45) is 17.3 Å². The summed E-state index contributed by atoms with van der Waals surface area (Å²) < 4.78 is 5.00. The van der Waals surface area contributed by atoms with Crippen molar-refractivity contribution in [2.75, 3.05) is 6.61 Å². The third-order valence-electron chi connectivity index (χ3n) is 5.68. The first-order chi connectivity index (χ1) is 10.0. The summed E-state index contributed by atoms with van der Waals surface area (Å²) >= 11 is 0. The Hall–Kier alpha value is -1.57. The maximum absolute atomic E-state index is 11.6. The molecular formula is C19H24O2. The van der Waals surface area contributed by atoms with Crippen LogP contribution in [0, 0.1) is 17.3 Å². The lowest BCUT2D eigenvalue weighted by atomic mass is 9.54. The van der Waals surface area contributed by atoms with E-state index in [0.29, 0.717) is 18.4 Å². The fraction of sp³-hybridized carbons (Fsp3) is 0.526. The average Bonchev–Trinajstić information content (AvgIpc) is 2.83. The molecule has 0 aromatic heterocycles. The van der Waals surface area contributed by atoms with E-state index in [1.54, 1.807) is 0 Å². The molecule has 0 aromatic carbocycles. The van der Waals surface area contributed by atoms with Gasteiger partial charge in [-0.15, -0.1) is 0 Å². The van der Waals surface area contributed by atoms with Gasteiger partial charge in [0.2, 0.25) is 0 Å². The van der Waals surface area contributed by atoms with Gasteiger partial charge in [0.15, 0.2) is 0 Å². The van der Waals surface area contributed by atoms with Crippen molar-refractivity contribution in [3.05, 3.63) is 48.1 Å². The molecule has 0 amide bonds. The molecule has 1 aliphatic heterocycles. The second-order valence-electron chi connectivity index (χ2n) is 6.86. The van der Waals surface area contributed by atoms with Crippen molar-refractivity contribution in [2.45, 2.75) is 39.0 Å². The predicted octanol–water partition coefficient (Wildman–Crippen LogP) is 4.35. The highest BCUT2D eigenvalue weighted by Gasteiger charge is 2.46. The molecule has 112 valence electrons. The Bertz CT molecular complexity index is 552. The Morgan fingerprint density at radius 2 is 2.24 bits per heavy atom. The molecule has 0 saturated heterocycles. The number of carbonyl (C=O) groups is 1. The molecule has 1 fully saturated rings. The maximum Gasteiger partial charge on any atom is 0.334 e. The molecule has 0 N–H and O–H groups in total. The number of rotatable bonds is 3. The Morgan fingerprint density at radius 1 is 1.43 bits per heavy atom. The normalized spacial score (nSPS) is 35.5. The van der Waals surface area contributed by atoms with Crippen molar-refractivity contribution in [3.63, 3.8) is 0 Å². The molecule has 2 heteroatoms. The standard InChI is InChI=1S/C19H24O2/c1-13-5-4-11-19(3)16(13)8-6-14(2)17(19)9-7-15-10-12-21-18(15)20/h4-5,10,16-17H,1-2,6-9,11-12H2,3H3. The number of ether oxygens (including phenoxy) is 1. The third kappa shape index (κ3) is 2.41. The molecule has 2 nitrogen and oxygen atoms in total. The van der Waals surface area contributed by atoms with E-state index >= 15 is 0 Å². The minimum absolute atomic E-state index is 0.133. The zero-order valence-electron chi connectivity index (χ0n) is 12.9. The Kier molecular flexibility index (Phi) is 3.64. The van der Waals surface area contributed by atoms with Gasteiger partial charge < -0.3 is 4.74 Å². The van der Waals surface area contributed by atoms with Gasteiger partial charge in [-0.2, -0.15) is 0 Å². The second-order valence-corrected chi connectivity index (χ2v) is 6.86. The molecule has 0 aromatic rings. The van der Waals surface area contributed by atoms with E-state index in [9.17, 15) is 4.79 Å². The van der Waals surface area contributed by atoms with Gasteiger partial charge >= 0.3 is 5.97 Å². The quantitative estimate of drug-likeness (QED) is 0.569. The fourth-order valence-corrected chi connectivity index (χ4v) is 4.45. The van der Waals surface area contributed by atoms with Crippen LogP contribution in [-0.4, -0.2) is 12.6 Å². The molecule has 3 unspecified atom stereocenters. The Labute approximate surface area is 127 Å². The number of cyclic esters (lactones) is 1. The van der Waals surface area contributed by atoms with Crippen molar-refractivity contribution in [1.29, 1.82) is 0 Å². The highest BCUT2D eigenvalue weighted by Crippen LogP contribution is 2.55. The van der Waals surface area contributed by atoms with Gasteiger partial charge in [-0.3, -0.25) is 0 Å². The lowest BCUT2D eigenvalue weighted by Gasteiger charge is -2.51. The molecule has 2 aliphatic carbocycles.